The predicted molar refractivity (Wildman–Crippen MR) is 94.8 cm³/mol. The second-order valence-corrected chi connectivity index (χ2v) is 6.27. The summed E-state index contributed by atoms with van der Waals surface area (Å²) in [5, 5.41) is 0.818. The molecule has 0 fully saturated rings. The van der Waals surface area contributed by atoms with Crippen molar-refractivity contribution in [1.29, 1.82) is 0 Å². The van der Waals surface area contributed by atoms with Crippen molar-refractivity contribution < 1.29 is 13.9 Å². The fraction of sp³-hybridized carbons (Fsp3) is 0.167. The number of carbonyl (C=O) groups is 1. The molecule has 0 saturated heterocycles. The molecule has 0 unspecified atom stereocenters. The second kappa shape index (κ2) is 7.40. The molecule has 0 atom stereocenters. The Morgan fingerprint density at radius 3 is 2.24 bits per heavy atom. The van der Waals surface area contributed by atoms with Gasteiger partial charge in [-0.2, -0.15) is 9.36 Å². The lowest BCUT2D eigenvalue weighted by Crippen LogP contribution is -2.08. The summed E-state index contributed by atoms with van der Waals surface area (Å²) in [5.41, 5.74) is 0.957. The Morgan fingerprint density at radius 2 is 1.68 bits per heavy atom. The summed E-state index contributed by atoms with van der Waals surface area (Å²) in [5.74, 6) is 0.703. The first-order chi connectivity index (χ1) is 12.0. The molecule has 7 heteroatoms. The lowest BCUT2D eigenvalue weighted by atomic mass is 10.0. The van der Waals surface area contributed by atoms with E-state index in [0.29, 0.717) is 22.7 Å². The van der Waals surface area contributed by atoms with E-state index in [1.165, 1.54) is 35.8 Å². The lowest BCUT2D eigenvalue weighted by molar-refractivity contribution is 0.103. The Labute approximate surface area is 148 Å². The molecule has 3 aromatic rings. The Morgan fingerprint density at radius 1 is 1.08 bits per heavy atom. The molecule has 128 valence electrons. The molecular weight excluding hydrogens is 341 g/mol. The molecule has 1 aromatic heterocycles. The van der Waals surface area contributed by atoms with E-state index in [4.69, 9.17) is 4.74 Å². The first kappa shape index (κ1) is 17.0. The third-order valence-corrected chi connectivity index (χ3v) is 4.35. The number of hydrogen-bond donors (Lipinski definition) is 0. The molecule has 0 amide bonds. The van der Waals surface area contributed by atoms with Gasteiger partial charge in [0, 0.05) is 36.8 Å². The van der Waals surface area contributed by atoms with E-state index in [1.807, 2.05) is 19.0 Å². The van der Waals surface area contributed by atoms with Gasteiger partial charge in [0.1, 0.15) is 18.2 Å². The third-order valence-electron chi connectivity index (χ3n) is 3.43. The summed E-state index contributed by atoms with van der Waals surface area (Å²) in [4.78, 5) is 18.6. The summed E-state index contributed by atoms with van der Waals surface area (Å²) in [6.45, 7) is 0.260. The molecule has 0 aliphatic rings. The van der Waals surface area contributed by atoms with Crippen molar-refractivity contribution in [3.8, 4) is 5.75 Å². The molecule has 5 nitrogen and oxygen atoms in total. The number of hydrogen-bond acceptors (Lipinski definition) is 6. The van der Waals surface area contributed by atoms with Gasteiger partial charge in [-0.25, -0.2) is 4.39 Å². The number of halogens is 1. The molecule has 25 heavy (non-hydrogen) atoms. The molecule has 0 aliphatic heterocycles. The van der Waals surface area contributed by atoms with Gasteiger partial charge in [0.2, 0.25) is 5.13 Å². The maximum absolute atomic E-state index is 12.9. The van der Waals surface area contributed by atoms with Crippen molar-refractivity contribution in [2.75, 3.05) is 19.0 Å². The molecule has 0 saturated carbocycles. The minimum absolute atomic E-state index is 0.164. The molecule has 0 radical (unpaired) electrons. The quantitative estimate of drug-likeness (QED) is 0.632. The standard InChI is InChI=1S/C18H16FN3O2S/c1-22(2)18-20-16(21-25-18)11-24-15-9-5-13(6-10-15)17(23)12-3-7-14(19)8-4-12/h3-10H,11H2,1-2H3. The van der Waals surface area contributed by atoms with Crippen molar-refractivity contribution in [2.45, 2.75) is 6.61 Å². The zero-order valence-electron chi connectivity index (χ0n) is 13.8. The summed E-state index contributed by atoms with van der Waals surface area (Å²) < 4.78 is 22.8. The Bertz CT molecular complexity index is 861. The van der Waals surface area contributed by atoms with Crippen molar-refractivity contribution in [3.05, 3.63) is 71.3 Å². The summed E-state index contributed by atoms with van der Waals surface area (Å²) in [6.07, 6.45) is 0. The Kier molecular flexibility index (Phi) is 5.04. The van der Waals surface area contributed by atoms with Crippen LogP contribution in [0.4, 0.5) is 9.52 Å². The van der Waals surface area contributed by atoms with Gasteiger partial charge >= 0.3 is 0 Å². The number of anilines is 1. The van der Waals surface area contributed by atoms with E-state index >= 15 is 0 Å². The maximum atomic E-state index is 12.9. The SMILES string of the molecule is CN(C)c1nc(COc2ccc(C(=O)c3ccc(F)cc3)cc2)ns1. The van der Waals surface area contributed by atoms with E-state index in [2.05, 4.69) is 9.36 Å². The van der Waals surface area contributed by atoms with Crippen molar-refractivity contribution in [1.82, 2.24) is 9.36 Å². The van der Waals surface area contributed by atoms with Crippen LogP contribution >= 0.6 is 11.5 Å². The van der Waals surface area contributed by atoms with Crippen molar-refractivity contribution in [2.24, 2.45) is 0 Å². The summed E-state index contributed by atoms with van der Waals surface area (Å²) >= 11 is 1.31. The molecule has 0 spiro atoms. The van der Waals surface area contributed by atoms with Gasteiger partial charge in [0.15, 0.2) is 11.6 Å². The second-order valence-electron chi connectivity index (χ2n) is 5.54. The predicted octanol–water partition coefficient (Wildman–Crippen LogP) is 3.55. The van der Waals surface area contributed by atoms with Crippen LogP contribution in [0.15, 0.2) is 48.5 Å². The van der Waals surface area contributed by atoms with Crippen LogP contribution in [0.3, 0.4) is 0 Å². The molecule has 1 heterocycles. The van der Waals surface area contributed by atoms with Crippen LogP contribution in [0.1, 0.15) is 21.7 Å². The fourth-order valence-corrected chi connectivity index (χ4v) is 2.69. The molecule has 0 bridgehead atoms. The molecule has 2 aromatic carbocycles. The molecular formula is C18H16FN3O2S. The number of ether oxygens (including phenoxy) is 1. The number of rotatable bonds is 6. The number of carbonyl (C=O) groups excluding carboxylic acids is 1. The Balaban J connectivity index is 1.63. The molecule has 3 rings (SSSR count). The maximum Gasteiger partial charge on any atom is 0.204 e. The van der Waals surface area contributed by atoms with Gasteiger partial charge in [-0.05, 0) is 48.5 Å². The van der Waals surface area contributed by atoms with E-state index in [9.17, 15) is 9.18 Å². The van der Waals surface area contributed by atoms with Crippen molar-refractivity contribution in [3.63, 3.8) is 0 Å². The number of benzene rings is 2. The summed E-state index contributed by atoms with van der Waals surface area (Å²) in [6, 6.07) is 12.3. The first-order valence-electron chi connectivity index (χ1n) is 7.56. The first-order valence-corrected chi connectivity index (χ1v) is 8.33. The zero-order valence-corrected chi connectivity index (χ0v) is 14.6. The largest absolute Gasteiger partial charge is 0.486 e. The van der Waals surface area contributed by atoms with Gasteiger partial charge in [0.25, 0.3) is 0 Å². The minimum atomic E-state index is -0.367. The van der Waals surface area contributed by atoms with Crippen LogP contribution in [0.5, 0.6) is 5.75 Å². The monoisotopic (exact) mass is 357 g/mol. The average molecular weight is 357 g/mol. The summed E-state index contributed by atoms with van der Waals surface area (Å²) in [7, 11) is 3.81. The topological polar surface area (TPSA) is 55.3 Å². The van der Waals surface area contributed by atoms with Gasteiger partial charge < -0.3 is 9.64 Å². The van der Waals surface area contributed by atoms with Crippen LogP contribution in [0, 0.1) is 5.82 Å². The van der Waals surface area contributed by atoms with E-state index in [-0.39, 0.29) is 18.2 Å². The van der Waals surface area contributed by atoms with Crippen molar-refractivity contribution >= 4 is 22.4 Å². The smallest absolute Gasteiger partial charge is 0.204 e. The fourth-order valence-electron chi connectivity index (χ4n) is 2.10. The number of nitrogens with zero attached hydrogens (tertiary/aromatic N) is 3. The zero-order chi connectivity index (χ0) is 17.8. The Hall–Kier alpha value is -2.80. The number of aromatic nitrogens is 2. The van der Waals surface area contributed by atoms with Crippen LogP contribution in [-0.4, -0.2) is 29.2 Å². The van der Waals surface area contributed by atoms with E-state index in [0.717, 1.165) is 5.13 Å². The highest BCUT2D eigenvalue weighted by molar-refractivity contribution is 7.09. The van der Waals surface area contributed by atoms with Crippen LogP contribution in [0.25, 0.3) is 0 Å². The van der Waals surface area contributed by atoms with E-state index in [1.54, 1.807) is 24.3 Å². The molecule has 0 N–H and O–H groups in total. The third kappa shape index (κ3) is 4.19. The average Bonchev–Trinajstić information content (AvgIpc) is 3.10. The highest BCUT2D eigenvalue weighted by Crippen LogP contribution is 2.18. The minimum Gasteiger partial charge on any atom is -0.486 e. The lowest BCUT2D eigenvalue weighted by Gasteiger charge is -2.06. The van der Waals surface area contributed by atoms with Crippen LogP contribution < -0.4 is 9.64 Å². The van der Waals surface area contributed by atoms with Crippen LogP contribution in [0.2, 0.25) is 0 Å². The van der Waals surface area contributed by atoms with Crippen LogP contribution in [-0.2, 0) is 6.61 Å². The molecule has 0 aliphatic carbocycles. The van der Waals surface area contributed by atoms with E-state index < -0.39 is 0 Å². The van der Waals surface area contributed by atoms with Gasteiger partial charge in [-0.3, -0.25) is 4.79 Å². The van der Waals surface area contributed by atoms with Gasteiger partial charge in [0.05, 0.1) is 0 Å². The highest BCUT2D eigenvalue weighted by atomic mass is 32.1. The number of ketones is 1. The van der Waals surface area contributed by atoms with Gasteiger partial charge in [-0.15, -0.1) is 0 Å². The highest BCUT2D eigenvalue weighted by Gasteiger charge is 2.10. The normalized spacial score (nSPS) is 10.5. The van der Waals surface area contributed by atoms with Gasteiger partial charge in [-0.1, -0.05) is 0 Å².